The number of nitrogens with zero attached hydrogens (tertiary/aromatic N) is 1. The molecule has 0 fully saturated rings. The van der Waals surface area contributed by atoms with Gasteiger partial charge in [0.2, 0.25) is 5.91 Å². The minimum absolute atomic E-state index is 0.213. The van der Waals surface area contributed by atoms with Crippen LogP contribution in [0.3, 0.4) is 0 Å². The maximum atomic E-state index is 13.5. The van der Waals surface area contributed by atoms with Crippen molar-refractivity contribution in [1.82, 2.24) is 0 Å². The molecule has 0 aliphatic heterocycles. The summed E-state index contributed by atoms with van der Waals surface area (Å²) in [4.78, 5) is 24.8. The summed E-state index contributed by atoms with van der Waals surface area (Å²) in [6.07, 6.45) is -3.27. The second-order valence-electron chi connectivity index (χ2n) is 8.60. The number of amides is 1. The number of rotatable bonds is 10. The Labute approximate surface area is 229 Å². The number of anilines is 2. The fourth-order valence-electron chi connectivity index (χ4n) is 3.45. The van der Waals surface area contributed by atoms with Gasteiger partial charge in [-0.3, -0.25) is 9.10 Å². The zero-order valence-corrected chi connectivity index (χ0v) is 22.7. The van der Waals surface area contributed by atoms with Gasteiger partial charge in [-0.15, -0.1) is 0 Å². The number of benzene rings is 3. The van der Waals surface area contributed by atoms with E-state index in [0.717, 1.165) is 30.5 Å². The maximum absolute atomic E-state index is 13.5. The van der Waals surface area contributed by atoms with Gasteiger partial charge in [-0.05, 0) is 67.9 Å². The Balaban J connectivity index is 1.89. The molecule has 0 unspecified atom stereocenters. The SMILES string of the molecule is CCCCOC(=O)c1ccc(NC(=O)CN(c2ccc(Cl)c(C(F)(F)F)c2)S(=O)(=O)c2ccc(C)cc2)cc1. The molecule has 0 spiro atoms. The van der Waals surface area contributed by atoms with Crippen LogP contribution in [0.4, 0.5) is 24.5 Å². The Morgan fingerprint density at radius 1 is 1.00 bits per heavy atom. The second-order valence-corrected chi connectivity index (χ2v) is 10.9. The van der Waals surface area contributed by atoms with Crippen molar-refractivity contribution in [3.05, 3.63) is 88.4 Å². The molecule has 0 aliphatic rings. The number of nitrogens with one attached hydrogen (secondary N) is 1. The summed E-state index contributed by atoms with van der Waals surface area (Å²) in [5, 5.41) is 1.89. The first-order valence-corrected chi connectivity index (χ1v) is 13.7. The Morgan fingerprint density at radius 3 is 2.23 bits per heavy atom. The van der Waals surface area contributed by atoms with E-state index in [1.54, 1.807) is 6.92 Å². The quantitative estimate of drug-likeness (QED) is 0.219. The van der Waals surface area contributed by atoms with E-state index in [-0.39, 0.29) is 22.8 Å². The van der Waals surface area contributed by atoms with Gasteiger partial charge in [0.05, 0.1) is 33.3 Å². The van der Waals surface area contributed by atoms with Gasteiger partial charge in [0.25, 0.3) is 10.0 Å². The molecule has 3 aromatic rings. The molecule has 0 saturated heterocycles. The molecule has 39 heavy (non-hydrogen) atoms. The monoisotopic (exact) mass is 582 g/mol. The number of hydrogen-bond acceptors (Lipinski definition) is 5. The number of ether oxygens (including phenoxy) is 1. The molecule has 0 atom stereocenters. The molecule has 3 rings (SSSR count). The number of carbonyl (C=O) groups excluding carboxylic acids is 2. The summed E-state index contributed by atoms with van der Waals surface area (Å²) >= 11 is 5.72. The van der Waals surface area contributed by atoms with Crippen LogP contribution in [-0.2, 0) is 25.7 Å². The summed E-state index contributed by atoms with van der Waals surface area (Å²) in [5.41, 5.74) is -0.375. The second kappa shape index (κ2) is 12.5. The molecule has 0 saturated carbocycles. The predicted molar refractivity (Wildman–Crippen MR) is 142 cm³/mol. The number of alkyl halides is 3. The van der Waals surface area contributed by atoms with Crippen molar-refractivity contribution in [2.45, 2.75) is 37.8 Å². The van der Waals surface area contributed by atoms with Crippen molar-refractivity contribution in [3.63, 3.8) is 0 Å². The van der Waals surface area contributed by atoms with Crippen molar-refractivity contribution in [3.8, 4) is 0 Å². The minimum Gasteiger partial charge on any atom is -0.462 e. The van der Waals surface area contributed by atoms with E-state index in [0.29, 0.717) is 10.4 Å². The van der Waals surface area contributed by atoms with Crippen molar-refractivity contribution < 1.29 is 35.9 Å². The van der Waals surface area contributed by atoms with Gasteiger partial charge in [0.15, 0.2) is 0 Å². The number of halogens is 4. The highest BCUT2D eigenvalue weighted by molar-refractivity contribution is 7.92. The van der Waals surface area contributed by atoms with Crippen molar-refractivity contribution >= 4 is 44.9 Å². The molecule has 0 heterocycles. The van der Waals surface area contributed by atoms with E-state index in [1.807, 2.05) is 6.92 Å². The largest absolute Gasteiger partial charge is 0.462 e. The molecule has 0 bridgehead atoms. The minimum atomic E-state index is -4.85. The number of hydrogen-bond donors (Lipinski definition) is 1. The van der Waals surface area contributed by atoms with Crippen LogP contribution >= 0.6 is 11.6 Å². The molecule has 1 amide bonds. The van der Waals surface area contributed by atoms with Crippen LogP contribution in [0.5, 0.6) is 0 Å². The van der Waals surface area contributed by atoms with Crippen LogP contribution in [0, 0.1) is 6.92 Å². The van der Waals surface area contributed by atoms with Gasteiger partial charge in [0, 0.05) is 5.69 Å². The smallest absolute Gasteiger partial charge is 0.417 e. The number of aryl methyl sites for hydroxylation is 1. The predicted octanol–water partition coefficient (Wildman–Crippen LogP) is 6.46. The maximum Gasteiger partial charge on any atom is 0.417 e. The van der Waals surface area contributed by atoms with Crippen LogP contribution in [0.1, 0.15) is 41.3 Å². The topological polar surface area (TPSA) is 92.8 Å². The van der Waals surface area contributed by atoms with Crippen molar-refractivity contribution in [2.75, 3.05) is 22.8 Å². The number of carbonyl (C=O) groups is 2. The van der Waals surface area contributed by atoms with Gasteiger partial charge in [-0.1, -0.05) is 42.6 Å². The molecule has 208 valence electrons. The third kappa shape index (κ3) is 7.73. The van der Waals surface area contributed by atoms with Crippen LogP contribution in [0.2, 0.25) is 5.02 Å². The van der Waals surface area contributed by atoms with Crippen LogP contribution in [0.15, 0.2) is 71.6 Å². The van der Waals surface area contributed by atoms with E-state index in [4.69, 9.17) is 16.3 Å². The Morgan fingerprint density at radius 2 is 1.64 bits per heavy atom. The molecule has 3 aromatic carbocycles. The van der Waals surface area contributed by atoms with E-state index in [9.17, 15) is 31.2 Å². The lowest BCUT2D eigenvalue weighted by Crippen LogP contribution is -2.38. The fourth-order valence-corrected chi connectivity index (χ4v) is 5.09. The average Bonchev–Trinajstić information content (AvgIpc) is 2.88. The molecule has 12 heteroatoms. The first kappa shape index (κ1) is 30.0. The van der Waals surface area contributed by atoms with Gasteiger partial charge in [0.1, 0.15) is 6.54 Å². The van der Waals surface area contributed by atoms with Gasteiger partial charge >= 0.3 is 12.1 Å². The van der Waals surface area contributed by atoms with Crippen LogP contribution in [-0.4, -0.2) is 33.4 Å². The highest BCUT2D eigenvalue weighted by atomic mass is 35.5. The van der Waals surface area contributed by atoms with Gasteiger partial charge < -0.3 is 10.1 Å². The van der Waals surface area contributed by atoms with Gasteiger partial charge in [-0.25, -0.2) is 13.2 Å². The zero-order chi connectivity index (χ0) is 28.8. The lowest BCUT2D eigenvalue weighted by atomic mass is 10.2. The van der Waals surface area contributed by atoms with Gasteiger partial charge in [-0.2, -0.15) is 13.2 Å². The van der Waals surface area contributed by atoms with Crippen LogP contribution < -0.4 is 9.62 Å². The highest BCUT2D eigenvalue weighted by Crippen LogP contribution is 2.38. The average molecular weight is 583 g/mol. The molecular weight excluding hydrogens is 557 g/mol. The fraction of sp³-hybridized carbons (Fsp3) is 0.259. The number of esters is 1. The van der Waals surface area contributed by atoms with E-state index < -0.39 is 50.9 Å². The lowest BCUT2D eigenvalue weighted by molar-refractivity contribution is -0.137. The molecule has 0 aromatic heterocycles. The third-order valence-electron chi connectivity index (χ3n) is 5.57. The Bertz CT molecular complexity index is 1430. The summed E-state index contributed by atoms with van der Waals surface area (Å²) in [6.45, 7) is 3.14. The normalized spacial score (nSPS) is 11.6. The Hall–Kier alpha value is -3.57. The molecule has 0 radical (unpaired) electrons. The van der Waals surface area contributed by atoms with Crippen molar-refractivity contribution in [2.24, 2.45) is 0 Å². The third-order valence-corrected chi connectivity index (χ3v) is 7.69. The lowest BCUT2D eigenvalue weighted by Gasteiger charge is -2.25. The summed E-state index contributed by atoms with van der Waals surface area (Å²) in [5.74, 6) is -1.35. The molecular formula is C27H26ClF3N2O5S. The Kier molecular flexibility index (Phi) is 9.63. The zero-order valence-electron chi connectivity index (χ0n) is 21.1. The standard InChI is InChI=1S/C27H26ClF3N2O5S/c1-3-4-15-38-26(35)19-7-9-20(10-8-19)32-25(34)17-33(39(36,37)22-12-5-18(2)6-13-22)21-11-14-24(28)23(16-21)27(29,30)31/h5-14,16H,3-4,15,17H2,1-2H3,(H,32,34). The van der Waals surface area contributed by atoms with Crippen molar-refractivity contribution in [1.29, 1.82) is 0 Å². The van der Waals surface area contributed by atoms with E-state index in [2.05, 4.69) is 5.32 Å². The van der Waals surface area contributed by atoms with E-state index in [1.165, 1.54) is 48.5 Å². The first-order valence-electron chi connectivity index (χ1n) is 11.9. The molecule has 0 aliphatic carbocycles. The summed E-state index contributed by atoms with van der Waals surface area (Å²) in [6, 6.07) is 14.0. The highest BCUT2D eigenvalue weighted by Gasteiger charge is 2.35. The first-order chi connectivity index (χ1) is 18.3. The number of sulfonamides is 1. The van der Waals surface area contributed by atoms with Crippen LogP contribution in [0.25, 0.3) is 0 Å². The summed E-state index contributed by atoms with van der Waals surface area (Å²) < 4.78 is 73.2. The molecule has 1 N–H and O–H groups in total. The summed E-state index contributed by atoms with van der Waals surface area (Å²) in [7, 11) is -4.46. The number of unbranched alkanes of at least 4 members (excludes halogenated alkanes) is 1. The molecule has 7 nitrogen and oxygen atoms in total. The van der Waals surface area contributed by atoms with E-state index >= 15 is 0 Å².